The smallest absolute Gasteiger partial charge is 0.343 e. The summed E-state index contributed by atoms with van der Waals surface area (Å²) >= 11 is 0. The van der Waals surface area contributed by atoms with E-state index in [-0.39, 0.29) is 5.75 Å². The molecule has 0 aliphatic carbocycles. The molecule has 4 rings (SSSR count). The van der Waals surface area contributed by atoms with Gasteiger partial charge in [0.05, 0.1) is 5.56 Å². The number of fused-ring (bicyclic) bond motifs is 2. The summed E-state index contributed by atoms with van der Waals surface area (Å²) in [5, 5.41) is 13.5. The number of phenolic OH excluding ortho intramolecular Hbond substituents is 1. The van der Waals surface area contributed by atoms with E-state index in [0.29, 0.717) is 11.3 Å². The number of esters is 1. The molecule has 0 radical (unpaired) electrons. The van der Waals surface area contributed by atoms with Crippen molar-refractivity contribution in [2.75, 3.05) is 0 Å². The number of hydrogen-bond donors (Lipinski definition) is 1. The molecule has 0 amide bonds. The van der Waals surface area contributed by atoms with Crippen LogP contribution in [0.3, 0.4) is 0 Å². The largest absolute Gasteiger partial charge is 0.508 e. The van der Waals surface area contributed by atoms with E-state index in [1.54, 1.807) is 6.07 Å². The fraction of sp³-hybridized carbons (Fsp3) is 0. The maximum atomic E-state index is 12.3. The fourth-order valence-corrected chi connectivity index (χ4v) is 2.78. The molecule has 0 aliphatic heterocycles. The quantitative estimate of drug-likeness (QED) is 0.324. The van der Waals surface area contributed by atoms with Crippen LogP contribution in [0.5, 0.6) is 11.5 Å². The highest BCUT2D eigenvalue weighted by Crippen LogP contribution is 2.30. The van der Waals surface area contributed by atoms with E-state index in [1.165, 1.54) is 24.3 Å². The minimum absolute atomic E-state index is 0.114. The number of aromatic hydroxyl groups is 1. The van der Waals surface area contributed by atoms with E-state index >= 15 is 0 Å². The summed E-state index contributed by atoms with van der Waals surface area (Å²) in [4.78, 5) is 12.3. The lowest BCUT2D eigenvalue weighted by Gasteiger charge is -2.09. The van der Waals surface area contributed by atoms with Crippen molar-refractivity contribution < 1.29 is 14.6 Å². The lowest BCUT2D eigenvalue weighted by molar-refractivity contribution is 0.0737. The van der Waals surface area contributed by atoms with Crippen molar-refractivity contribution in [3.63, 3.8) is 0 Å². The van der Waals surface area contributed by atoms with Crippen molar-refractivity contribution in [1.82, 2.24) is 0 Å². The zero-order valence-electron chi connectivity index (χ0n) is 12.8. The molecule has 0 atom stereocenters. The molecule has 4 aromatic carbocycles. The number of benzene rings is 4. The maximum absolute atomic E-state index is 12.3. The minimum atomic E-state index is -0.448. The van der Waals surface area contributed by atoms with E-state index in [4.69, 9.17) is 4.74 Å². The van der Waals surface area contributed by atoms with Gasteiger partial charge in [-0.15, -0.1) is 0 Å². The molecule has 3 nitrogen and oxygen atoms in total. The Kier molecular flexibility index (Phi) is 3.39. The second-order valence-corrected chi connectivity index (χ2v) is 5.61. The van der Waals surface area contributed by atoms with Crippen molar-refractivity contribution in [2.45, 2.75) is 0 Å². The fourth-order valence-electron chi connectivity index (χ4n) is 2.78. The van der Waals surface area contributed by atoms with Crippen molar-refractivity contribution in [3.05, 3.63) is 84.4 Å². The van der Waals surface area contributed by atoms with Crippen LogP contribution in [-0.4, -0.2) is 11.1 Å². The summed E-state index contributed by atoms with van der Waals surface area (Å²) in [6.45, 7) is 0. The van der Waals surface area contributed by atoms with Crippen LogP contribution < -0.4 is 4.74 Å². The average molecular weight is 314 g/mol. The van der Waals surface area contributed by atoms with Crippen molar-refractivity contribution in [1.29, 1.82) is 0 Å². The molecular weight excluding hydrogens is 300 g/mol. The van der Waals surface area contributed by atoms with Crippen molar-refractivity contribution in [2.24, 2.45) is 0 Å². The van der Waals surface area contributed by atoms with Gasteiger partial charge in [0.1, 0.15) is 11.5 Å². The van der Waals surface area contributed by atoms with Crippen molar-refractivity contribution >= 4 is 27.5 Å². The zero-order chi connectivity index (χ0) is 16.5. The van der Waals surface area contributed by atoms with Crippen LogP contribution in [0.25, 0.3) is 21.5 Å². The van der Waals surface area contributed by atoms with Crippen LogP contribution in [0.4, 0.5) is 0 Å². The molecule has 3 heteroatoms. The van der Waals surface area contributed by atoms with Gasteiger partial charge in [-0.1, -0.05) is 36.4 Å². The summed E-state index contributed by atoms with van der Waals surface area (Å²) in [5.41, 5.74) is 0.394. The third kappa shape index (κ3) is 2.57. The van der Waals surface area contributed by atoms with Gasteiger partial charge in [-0.2, -0.15) is 0 Å². The number of carbonyl (C=O) groups excluding carboxylic acids is 1. The summed E-state index contributed by atoms with van der Waals surface area (Å²) in [6.07, 6.45) is 0. The highest BCUT2D eigenvalue weighted by molar-refractivity contribution is 6.02. The Hall–Kier alpha value is -3.33. The third-order valence-corrected chi connectivity index (χ3v) is 4.01. The lowest BCUT2D eigenvalue weighted by atomic mass is 10.0. The molecule has 0 spiro atoms. The molecule has 0 aromatic heterocycles. The summed E-state index contributed by atoms with van der Waals surface area (Å²) in [5.74, 6) is 0.190. The molecule has 0 saturated heterocycles. The van der Waals surface area contributed by atoms with Crippen LogP contribution in [-0.2, 0) is 0 Å². The number of rotatable bonds is 2. The predicted molar refractivity (Wildman–Crippen MR) is 94.5 cm³/mol. The predicted octanol–water partition coefficient (Wildman–Crippen LogP) is 4.92. The molecule has 24 heavy (non-hydrogen) atoms. The zero-order valence-corrected chi connectivity index (χ0v) is 12.8. The summed E-state index contributed by atoms with van der Waals surface area (Å²) in [7, 11) is 0. The number of carbonyl (C=O) groups is 1. The molecular formula is C21H14O3. The number of hydrogen-bond acceptors (Lipinski definition) is 3. The van der Waals surface area contributed by atoms with E-state index in [1.807, 2.05) is 36.4 Å². The molecule has 0 fully saturated rings. The average Bonchev–Trinajstić information content (AvgIpc) is 2.61. The normalized spacial score (nSPS) is 10.8. The van der Waals surface area contributed by atoms with Crippen molar-refractivity contribution in [3.8, 4) is 11.5 Å². The molecule has 0 bridgehead atoms. The van der Waals surface area contributed by atoms with Gasteiger partial charge in [-0.25, -0.2) is 4.79 Å². The first-order valence-electron chi connectivity index (χ1n) is 7.63. The Morgan fingerprint density at radius 3 is 2.17 bits per heavy atom. The molecule has 4 aromatic rings. The van der Waals surface area contributed by atoms with Gasteiger partial charge in [-0.05, 0) is 58.6 Å². The van der Waals surface area contributed by atoms with Gasteiger partial charge in [0.15, 0.2) is 0 Å². The Labute approximate surface area is 138 Å². The lowest BCUT2D eigenvalue weighted by Crippen LogP contribution is -2.08. The molecule has 116 valence electrons. The highest BCUT2D eigenvalue weighted by atomic mass is 16.5. The van der Waals surface area contributed by atoms with Gasteiger partial charge in [0, 0.05) is 5.39 Å². The maximum Gasteiger partial charge on any atom is 0.343 e. The number of ether oxygens (including phenoxy) is 1. The molecule has 0 saturated carbocycles. The van der Waals surface area contributed by atoms with Crippen LogP contribution >= 0.6 is 0 Å². The van der Waals surface area contributed by atoms with E-state index in [9.17, 15) is 9.90 Å². The first-order valence-corrected chi connectivity index (χ1v) is 7.63. The number of phenols is 1. The Balaban J connectivity index is 1.77. The van der Waals surface area contributed by atoms with E-state index < -0.39 is 5.97 Å². The first-order chi connectivity index (χ1) is 11.7. The molecule has 1 N–H and O–H groups in total. The van der Waals surface area contributed by atoms with Gasteiger partial charge >= 0.3 is 5.97 Å². The third-order valence-electron chi connectivity index (χ3n) is 4.01. The topological polar surface area (TPSA) is 46.5 Å². The first kappa shape index (κ1) is 14.3. The summed E-state index contributed by atoms with van der Waals surface area (Å²) in [6, 6.07) is 23.9. The molecule has 0 aliphatic rings. The van der Waals surface area contributed by atoms with Gasteiger partial charge in [0.25, 0.3) is 0 Å². The second kappa shape index (κ2) is 5.70. The minimum Gasteiger partial charge on any atom is -0.508 e. The van der Waals surface area contributed by atoms with E-state index in [2.05, 4.69) is 12.1 Å². The second-order valence-electron chi connectivity index (χ2n) is 5.61. The van der Waals surface area contributed by atoms with Gasteiger partial charge in [0.2, 0.25) is 0 Å². The van der Waals surface area contributed by atoms with Crippen LogP contribution in [0.1, 0.15) is 10.4 Å². The SMILES string of the molecule is O=C(Oc1cccc2cc3ccccc3cc12)c1ccc(O)cc1. The highest BCUT2D eigenvalue weighted by Gasteiger charge is 2.11. The van der Waals surface area contributed by atoms with E-state index in [0.717, 1.165) is 21.5 Å². The Bertz CT molecular complexity index is 1050. The Morgan fingerprint density at radius 1 is 0.750 bits per heavy atom. The Morgan fingerprint density at radius 2 is 1.42 bits per heavy atom. The monoisotopic (exact) mass is 314 g/mol. The molecule has 0 unspecified atom stereocenters. The van der Waals surface area contributed by atoms with Gasteiger partial charge < -0.3 is 9.84 Å². The standard InChI is InChI=1S/C21H14O3/c22-18-10-8-14(9-11-18)21(23)24-20-7-3-6-17-12-15-4-1-2-5-16(15)13-19(17)20/h1-13,22H. The van der Waals surface area contributed by atoms with Crippen LogP contribution in [0.15, 0.2) is 78.9 Å². The van der Waals surface area contributed by atoms with Gasteiger partial charge in [-0.3, -0.25) is 0 Å². The molecule has 0 heterocycles. The summed E-state index contributed by atoms with van der Waals surface area (Å²) < 4.78 is 5.58. The van der Waals surface area contributed by atoms with Crippen LogP contribution in [0.2, 0.25) is 0 Å². The van der Waals surface area contributed by atoms with Crippen LogP contribution in [0, 0.1) is 0 Å².